The van der Waals surface area contributed by atoms with Crippen LogP contribution in [0, 0.1) is 0 Å². The number of aldehydes is 1. The lowest BCUT2D eigenvalue weighted by atomic mass is 10.0. The van der Waals surface area contributed by atoms with Gasteiger partial charge in [0.05, 0.1) is 26.4 Å². The molecule has 0 aliphatic rings. The predicted molar refractivity (Wildman–Crippen MR) is 183 cm³/mol. The minimum atomic E-state index is -1.16. The second kappa shape index (κ2) is 35.1. The summed E-state index contributed by atoms with van der Waals surface area (Å²) < 4.78 is 10.4. The lowest BCUT2D eigenvalue weighted by molar-refractivity contribution is -0.142. The van der Waals surface area contributed by atoms with Crippen molar-refractivity contribution in [1.29, 1.82) is 0 Å². The van der Waals surface area contributed by atoms with Gasteiger partial charge < -0.3 is 35.3 Å². The molecule has 0 saturated carbocycles. The highest BCUT2D eigenvalue weighted by Crippen LogP contribution is 2.14. The molecule has 3 amide bonds. The van der Waals surface area contributed by atoms with Crippen LogP contribution >= 0.6 is 0 Å². The first kappa shape index (κ1) is 45.3. The number of unbranched alkanes of at least 4 members (excludes halogenated alkanes) is 13. The summed E-state index contributed by atoms with van der Waals surface area (Å²) in [5, 5.41) is 16.9. The number of hydrogen-bond acceptors (Lipinski definition) is 7. The van der Waals surface area contributed by atoms with E-state index in [4.69, 9.17) is 9.47 Å². The minimum Gasteiger partial charge on any atom is -0.480 e. The summed E-state index contributed by atoms with van der Waals surface area (Å²) in [4.78, 5) is 57.2. The Morgan fingerprint density at radius 2 is 1.17 bits per heavy atom. The summed E-state index contributed by atoms with van der Waals surface area (Å²) in [6.45, 7) is 10.7. The van der Waals surface area contributed by atoms with Crippen LogP contribution in [0.15, 0.2) is 12.2 Å². The van der Waals surface area contributed by atoms with Gasteiger partial charge in [-0.3, -0.25) is 14.4 Å². The van der Waals surface area contributed by atoms with Crippen LogP contribution in [-0.4, -0.2) is 80.6 Å². The molecule has 0 heterocycles. The van der Waals surface area contributed by atoms with Crippen molar-refractivity contribution in [3.63, 3.8) is 0 Å². The lowest BCUT2D eigenvalue weighted by Crippen LogP contribution is -2.41. The van der Waals surface area contributed by atoms with Crippen molar-refractivity contribution in [2.45, 2.75) is 142 Å². The van der Waals surface area contributed by atoms with E-state index in [1.807, 2.05) is 13.8 Å². The molecule has 0 fully saturated rings. The first-order valence-electron chi connectivity index (χ1n) is 17.5. The molecule has 0 aromatic heterocycles. The molecular formula is C35H65N3O8. The molecule has 0 spiro atoms. The normalized spacial score (nSPS) is 11.1. The minimum absolute atomic E-state index is 0.00320. The molecule has 0 aromatic carbocycles. The molecule has 0 rings (SSSR count). The zero-order valence-electron chi connectivity index (χ0n) is 29.1. The van der Waals surface area contributed by atoms with E-state index in [0.717, 1.165) is 32.1 Å². The maximum absolute atomic E-state index is 12.2. The fraction of sp³-hybridized carbons (Fsp3) is 0.800. The van der Waals surface area contributed by atoms with Crippen LogP contribution < -0.4 is 16.0 Å². The Balaban J connectivity index is 0. The maximum Gasteiger partial charge on any atom is 0.326 e. The largest absolute Gasteiger partial charge is 0.480 e. The summed E-state index contributed by atoms with van der Waals surface area (Å²) in [6, 6.07) is -1.10. The summed E-state index contributed by atoms with van der Waals surface area (Å²) in [7, 11) is 0. The molecule has 46 heavy (non-hydrogen) atoms. The number of carbonyl (C=O) groups excluding carboxylic acids is 4. The Morgan fingerprint density at radius 1 is 0.674 bits per heavy atom. The van der Waals surface area contributed by atoms with E-state index in [-0.39, 0.29) is 70.6 Å². The molecule has 0 aliphatic carbocycles. The van der Waals surface area contributed by atoms with Crippen molar-refractivity contribution in [3.8, 4) is 0 Å². The highest BCUT2D eigenvalue weighted by atomic mass is 16.5. The first-order chi connectivity index (χ1) is 22.3. The first-order valence-corrected chi connectivity index (χ1v) is 17.5. The number of amides is 3. The number of carboxylic acids is 1. The fourth-order valence-electron chi connectivity index (χ4n) is 4.58. The topological polar surface area (TPSA) is 160 Å². The third kappa shape index (κ3) is 34.1. The number of aliphatic carboxylic acids is 1. The number of carboxylic acid groups (broad SMARTS) is 1. The SMILES string of the molecule is C=C(C)CCCCCCCCCCCCCCCCC(=O)N[C@@H](CCC(=O)NCCOCCOCC(=O)NCC=O)C(=O)O.CC. The van der Waals surface area contributed by atoms with Crippen LogP contribution in [-0.2, 0) is 33.4 Å². The van der Waals surface area contributed by atoms with Gasteiger partial charge in [0, 0.05) is 19.4 Å². The van der Waals surface area contributed by atoms with Crippen LogP contribution in [0.3, 0.4) is 0 Å². The average molecular weight is 656 g/mol. The van der Waals surface area contributed by atoms with E-state index in [1.54, 1.807) is 0 Å². The maximum atomic E-state index is 12.2. The van der Waals surface area contributed by atoms with Crippen LogP contribution in [0.4, 0.5) is 0 Å². The molecule has 4 N–H and O–H groups in total. The van der Waals surface area contributed by atoms with Gasteiger partial charge in [-0.1, -0.05) is 96.5 Å². The molecule has 0 radical (unpaired) electrons. The van der Waals surface area contributed by atoms with E-state index in [9.17, 15) is 29.1 Å². The van der Waals surface area contributed by atoms with Crippen LogP contribution in [0.25, 0.3) is 0 Å². The van der Waals surface area contributed by atoms with Crippen LogP contribution in [0.1, 0.15) is 136 Å². The molecule has 11 nitrogen and oxygen atoms in total. The molecule has 0 aliphatic heterocycles. The van der Waals surface area contributed by atoms with Gasteiger partial charge in [0.15, 0.2) is 0 Å². The van der Waals surface area contributed by atoms with E-state index >= 15 is 0 Å². The number of hydrogen-bond donors (Lipinski definition) is 4. The van der Waals surface area contributed by atoms with Gasteiger partial charge in [0.2, 0.25) is 17.7 Å². The second-order valence-corrected chi connectivity index (χ2v) is 11.4. The summed E-state index contributed by atoms with van der Waals surface area (Å²) in [5.41, 5.74) is 1.29. The zero-order chi connectivity index (χ0) is 34.7. The Morgan fingerprint density at radius 3 is 1.67 bits per heavy atom. The quantitative estimate of drug-likeness (QED) is 0.0411. The molecule has 1 atom stereocenters. The van der Waals surface area contributed by atoms with E-state index < -0.39 is 17.9 Å². The molecule has 0 unspecified atom stereocenters. The standard InChI is InChI=1S/C33H59N3O8.C2H6/c1-28(2)17-15-13-11-9-7-5-3-4-6-8-10-12-14-16-18-31(39)36-29(33(41)42)19-20-30(38)35-22-24-43-25-26-44-27-32(40)34-21-23-37;1-2/h23,29H,1,3-22,24-27H2,2H3,(H,34,40)(H,35,38)(H,36,39)(H,41,42);1-2H3/t29-;/m0./s1. The van der Waals surface area contributed by atoms with Gasteiger partial charge in [-0.25, -0.2) is 4.79 Å². The van der Waals surface area contributed by atoms with Gasteiger partial charge in [-0.2, -0.15) is 0 Å². The molecule has 0 aromatic rings. The third-order valence-corrected chi connectivity index (χ3v) is 7.11. The third-order valence-electron chi connectivity index (χ3n) is 7.11. The van der Waals surface area contributed by atoms with Crippen molar-refractivity contribution in [2.75, 3.05) is 39.5 Å². The number of ether oxygens (including phenoxy) is 2. The molecule has 0 bridgehead atoms. The van der Waals surface area contributed by atoms with Gasteiger partial charge >= 0.3 is 5.97 Å². The Hall–Kier alpha value is -2.79. The van der Waals surface area contributed by atoms with Crippen molar-refractivity contribution in [1.82, 2.24) is 16.0 Å². The summed E-state index contributed by atoms with van der Waals surface area (Å²) >= 11 is 0. The van der Waals surface area contributed by atoms with E-state index in [1.165, 1.54) is 69.8 Å². The Kier molecular flexibility index (Phi) is 34.6. The van der Waals surface area contributed by atoms with Crippen molar-refractivity contribution in [2.24, 2.45) is 0 Å². The Labute approximate surface area is 278 Å². The van der Waals surface area contributed by atoms with Gasteiger partial charge in [-0.05, 0) is 32.6 Å². The van der Waals surface area contributed by atoms with Gasteiger partial charge in [-0.15, -0.1) is 6.58 Å². The van der Waals surface area contributed by atoms with E-state index in [0.29, 0.717) is 6.29 Å². The number of rotatable bonds is 32. The summed E-state index contributed by atoms with van der Waals surface area (Å²) in [5.74, 6) is -2.19. The smallest absolute Gasteiger partial charge is 0.326 e. The van der Waals surface area contributed by atoms with Crippen molar-refractivity contribution >= 4 is 30.0 Å². The zero-order valence-corrected chi connectivity index (χ0v) is 29.1. The predicted octanol–water partition coefficient (Wildman–Crippen LogP) is 5.64. The van der Waals surface area contributed by atoms with Gasteiger partial charge in [0.25, 0.3) is 0 Å². The van der Waals surface area contributed by atoms with E-state index in [2.05, 4.69) is 29.5 Å². The van der Waals surface area contributed by atoms with Crippen LogP contribution in [0.5, 0.6) is 0 Å². The monoisotopic (exact) mass is 655 g/mol. The number of nitrogens with one attached hydrogen (secondary N) is 3. The lowest BCUT2D eigenvalue weighted by Gasteiger charge is -2.14. The van der Waals surface area contributed by atoms with Gasteiger partial charge in [0.1, 0.15) is 18.9 Å². The Bertz CT molecular complexity index is 807. The highest BCUT2D eigenvalue weighted by Gasteiger charge is 2.20. The molecule has 11 heteroatoms. The van der Waals surface area contributed by atoms with Crippen molar-refractivity contribution in [3.05, 3.63) is 12.2 Å². The number of carbonyl (C=O) groups is 5. The molecular weight excluding hydrogens is 590 g/mol. The van der Waals surface area contributed by atoms with Crippen molar-refractivity contribution < 1.29 is 38.6 Å². The average Bonchev–Trinajstić information content (AvgIpc) is 3.03. The summed E-state index contributed by atoms with van der Waals surface area (Å²) in [6.07, 6.45) is 19.0. The number of allylic oxidation sites excluding steroid dienone is 1. The highest BCUT2D eigenvalue weighted by molar-refractivity contribution is 5.84. The van der Waals surface area contributed by atoms with Crippen LogP contribution in [0.2, 0.25) is 0 Å². The second-order valence-electron chi connectivity index (χ2n) is 11.4. The fourth-order valence-corrected chi connectivity index (χ4v) is 4.58. The molecule has 0 saturated heterocycles. The molecule has 268 valence electrons.